The Balaban J connectivity index is 2.74. The van der Waals surface area contributed by atoms with Crippen LogP contribution in [0.2, 0.25) is 0 Å². The molecule has 0 saturated carbocycles. The van der Waals surface area contributed by atoms with Crippen molar-refractivity contribution in [3.63, 3.8) is 0 Å². The molecule has 0 aliphatic carbocycles. The summed E-state index contributed by atoms with van der Waals surface area (Å²) in [4.78, 5) is 0. The standard InChI is InChI=1S/C7H10N2O2S3/c1-2-8-7(12)9-14(10,11)6-4-3-5-13-6/h3-5H,2H2,1H3,(H2,8,9,12). The van der Waals surface area contributed by atoms with Gasteiger partial charge >= 0.3 is 0 Å². The van der Waals surface area contributed by atoms with E-state index in [1.165, 1.54) is 6.07 Å². The molecule has 0 fully saturated rings. The number of rotatable bonds is 3. The highest BCUT2D eigenvalue weighted by Crippen LogP contribution is 2.14. The van der Waals surface area contributed by atoms with Crippen LogP contribution in [0, 0.1) is 0 Å². The number of sulfonamides is 1. The Kier molecular flexibility index (Phi) is 3.85. The quantitative estimate of drug-likeness (QED) is 0.783. The summed E-state index contributed by atoms with van der Waals surface area (Å²) in [6, 6.07) is 3.21. The van der Waals surface area contributed by atoms with Crippen molar-refractivity contribution in [2.75, 3.05) is 6.54 Å². The van der Waals surface area contributed by atoms with E-state index in [9.17, 15) is 8.42 Å². The lowest BCUT2D eigenvalue weighted by atomic mass is 10.7. The van der Waals surface area contributed by atoms with Crippen LogP contribution in [-0.2, 0) is 10.0 Å². The molecule has 0 aliphatic heterocycles. The van der Waals surface area contributed by atoms with E-state index in [-0.39, 0.29) is 9.32 Å². The molecular formula is C7H10N2O2S3. The van der Waals surface area contributed by atoms with Crippen LogP contribution < -0.4 is 10.0 Å². The van der Waals surface area contributed by atoms with Crippen molar-refractivity contribution in [2.24, 2.45) is 0 Å². The minimum Gasteiger partial charge on any atom is -0.362 e. The van der Waals surface area contributed by atoms with Crippen LogP contribution in [0.25, 0.3) is 0 Å². The third kappa shape index (κ3) is 2.93. The maximum absolute atomic E-state index is 11.6. The Morgan fingerprint density at radius 2 is 2.36 bits per heavy atom. The van der Waals surface area contributed by atoms with Gasteiger partial charge in [0.15, 0.2) is 5.11 Å². The normalized spacial score (nSPS) is 10.9. The van der Waals surface area contributed by atoms with Crippen LogP contribution in [0.3, 0.4) is 0 Å². The van der Waals surface area contributed by atoms with Crippen LogP contribution in [0.4, 0.5) is 0 Å². The van der Waals surface area contributed by atoms with E-state index in [1.807, 2.05) is 6.92 Å². The van der Waals surface area contributed by atoms with Crippen LogP contribution in [0.1, 0.15) is 6.92 Å². The van der Waals surface area contributed by atoms with Gasteiger partial charge < -0.3 is 5.32 Å². The van der Waals surface area contributed by atoms with Gasteiger partial charge in [0.25, 0.3) is 10.0 Å². The van der Waals surface area contributed by atoms with E-state index in [4.69, 9.17) is 12.2 Å². The summed E-state index contributed by atoms with van der Waals surface area (Å²) in [5.74, 6) is 0. The van der Waals surface area contributed by atoms with Gasteiger partial charge in [0.2, 0.25) is 0 Å². The van der Waals surface area contributed by atoms with Crippen molar-refractivity contribution < 1.29 is 8.42 Å². The first-order valence-corrected chi connectivity index (χ1v) is 6.67. The third-order valence-corrected chi connectivity index (χ3v) is 4.45. The van der Waals surface area contributed by atoms with Gasteiger partial charge in [-0.15, -0.1) is 11.3 Å². The van der Waals surface area contributed by atoms with E-state index in [2.05, 4.69) is 10.0 Å². The molecular weight excluding hydrogens is 240 g/mol. The zero-order valence-electron chi connectivity index (χ0n) is 7.48. The molecule has 0 aromatic carbocycles. The molecule has 1 heterocycles. The second-order valence-electron chi connectivity index (χ2n) is 2.40. The fraction of sp³-hybridized carbons (Fsp3) is 0.286. The molecule has 0 radical (unpaired) electrons. The Labute approximate surface area is 92.4 Å². The summed E-state index contributed by atoms with van der Waals surface area (Å²) in [5.41, 5.74) is 0. The first-order valence-electron chi connectivity index (χ1n) is 3.90. The molecule has 0 bridgehead atoms. The summed E-state index contributed by atoms with van der Waals surface area (Å²) in [6.45, 7) is 2.43. The second kappa shape index (κ2) is 4.72. The largest absolute Gasteiger partial charge is 0.362 e. The molecule has 1 aromatic heterocycles. The van der Waals surface area contributed by atoms with Gasteiger partial charge in [-0.3, -0.25) is 4.72 Å². The highest BCUT2D eigenvalue weighted by molar-refractivity contribution is 7.93. The van der Waals surface area contributed by atoms with Crippen LogP contribution in [0.15, 0.2) is 21.7 Å². The minimum atomic E-state index is -3.47. The fourth-order valence-corrected chi connectivity index (χ4v) is 3.18. The third-order valence-electron chi connectivity index (χ3n) is 1.32. The van der Waals surface area contributed by atoms with E-state index < -0.39 is 10.0 Å². The molecule has 78 valence electrons. The molecule has 0 spiro atoms. The second-order valence-corrected chi connectivity index (χ2v) is 5.66. The fourth-order valence-electron chi connectivity index (χ4n) is 0.785. The van der Waals surface area contributed by atoms with E-state index in [0.29, 0.717) is 6.54 Å². The van der Waals surface area contributed by atoms with Crippen LogP contribution in [-0.4, -0.2) is 20.1 Å². The predicted octanol–water partition coefficient (Wildman–Crippen LogP) is 0.921. The molecule has 4 nitrogen and oxygen atoms in total. The maximum atomic E-state index is 11.6. The van der Waals surface area contributed by atoms with Crippen LogP contribution >= 0.6 is 23.6 Å². The van der Waals surface area contributed by atoms with Crippen molar-refractivity contribution in [3.8, 4) is 0 Å². The van der Waals surface area contributed by atoms with Gasteiger partial charge in [-0.05, 0) is 30.6 Å². The van der Waals surface area contributed by atoms with Crippen molar-refractivity contribution in [3.05, 3.63) is 17.5 Å². The molecule has 0 atom stereocenters. The minimum absolute atomic E-state index is 0.126. The SMILES string of the molecule is CCNC(=S)NS(=O)(=O)c1cccs1. The maximum Gasteiger partial charge on any atom is 0.273 e. The van der Waals surface area contributed by atoms with Crippen LogP contribution in [0.5, 0.6) is 0 Å². The van der Waals surface area contributed by atoms with Gasteiger partial charge in [0.05, 0.1) is 0 Å². The monoisotopic (exact) mass is 250 g/mol. The molecule has 7 heteroatoms. The average Bonchev–Trinajstić information content (AvgIpc) is 2.54. The molecule has 0 saturated heterocycles. The Bertz CT molecular complexity index is 397. The molecule has 1 rings (SSSR count). The summed E-state index contributed by atoms with van der Waals surface area (Å²) in [6.07, 6.45) is 0. The number of thiocarbonyl (C=S) groups is 1. The van der Waals surface area contributed by atoms with Gasteiger partial charge in [0.1, 0.15) is 4.21 Å². The topological polar surface area (TPSA) is 58.2 Å². The average molecular weight is 250 g/mol. The summed E-state index contributed by atoms with van der Waals surface area (Å²) in [7, 11) is -3.47. The number of hydrogen-bond donors (Lipinski definition) is 2. The Hall–Kier alpha value is -0.660. The van der Waals surface area contributed by atoms with Gasteiger partial charge in [-0.2, -0.15) is 0 Å². The highest BCUT2D eigenvalue weighted by atomic mass is 32.2. The smallest absolute Gasteiger partial charge is 0.273 e. The predicted molar refractivity (Wildman–Crippen MR) is 60.9 cm³/mol. The van der Waals surface area contributed by atoms with E-state index in [0.717, 1.165) is 11.3 Å². The van der Waals surface area contributed by atoms with E-state index >= 15 is 0 Å². The van der Waals surface area contributed by atoms with Crippen molar-refractivity contribution in [1.82, 2.24) is 10.0 Å². The molecule has 0 unspecified atom stereocenters. The zero-order valence-corrected chi connectivity index (χ0v) is 9.93. The summed E-state index contributed by atoms with van der Waals surface area (Å²) in [5, 5.41) is 4.53. The van der Waals surface area contributed by atoms with Gasteiger partial charge in [0, 0.05) is 6.54 Å². The van der Waals surface area contributed by atoms with E-state index in [1.54, 1.807) is 11.4 Å². The van der Waals surface area contributed by atoms with Gasteiger partial charge in [-0.25, -0.2) is 8.42 Å². The summed E-state index contributed by atoms with van der Waals surface area (Å²) < 4.78 is 25.6. The Morgan fingerprint density at radius 1 is 1.64 bits per heavy atom. The molecule has 2 N–H and O–H groups in total. The van der Waals surface area contributed by atoms with Crippen molar-refractivity contribution >= 4 is 38.7 Å². The van der Waals surface area contributed by atoms with Crippen molar-refractivity contribution in [1.29, 1.82) is 0 Å². The number of thiophene rings is 1. The molecule has 14 heavy (non-hydrogen) atoms. The lowest BCUT2D eigenvalue weighted by Crippen LogP contribution is -2.38. The molecule has 0 aliphatic rings. The zero-order chi connectivity index (χ0) is 10.6. The number of hydrogen-bond acceptors (Lipinski definition) is 4. The lowest BCUT2D eigenvalue weighted by molar-refractivity contribution is 0.594. The molecule has 0 amide bonds. The highest BCUT2D eigenvalue weighted by Gasteiger charge is 2.15. The molecule has 1 aromatic rings. The number of nitrogens with one attached hydrogen (secondary N) is 2. The first kappa shape index (κ1) is 11.4. The van der Waals surface area contributed by atoms with Gasteiger partial charge in [-0.1, -0.05) is 6.07 Å². The first-order chi connectivity index (χ1) is 6.56. The Morgan fingerprint density at radius 3 is 2.86 bits per heavy atom. The lowest BCUT2D eigenvalue weighted by Gasteiger charge is -2.07. The summed E-state index contributed by atoms with van der Waals surface area (Å²) >= 11 is 5.93. The van der Waals surface area contributed by atoms with Crippen molar-refractivity contribution in [2.45, 2.75) is 11.1 Å².